The topological polar surface area (TPSA) is 79.5 Å². The van der Waals surface area contributed by atoms with Gasteiger partial charge in [0.05, 0.1) is 29.2 Å². The van der Waals surface area contributed by atoms with Gasteiger partial charge in [-0.25, -0.2) is 4.79 Å². The van der Waals surface area contributed by atoms with Crippen LogP contribution in [0.25, 0.3) is 11.1 Å². The van der Waals surface area contributed by atoms with E-state index >= 15 is 0 Å². The molecule has 0 aliphatic heterocycles. The van der Waals surface area contributed by atoms with Crippen molar-refractivity contribution in [2.24, 2.45) is 0 Å². The van der Waals surface area contributed by atoms with Crippen molar-refractivity contribution >= 4 is 29.2 Å². The highest BCUT2D eigenvalue weighted by atomic mass is 35.5. The van der Waals surface area contributed by atoms with Crippen LogP contribution in [0.15, 0.2) is 65.5 Å². The van der Waals surface area contributed by atoms with Gasteiger partial charge >= 0.3 is 5.97 Å². The van der Waals surface area contributed by atoms with Gasteiger partial charge in [-0.3, -0.25) is 4.79 Å². The molecule has 0 saturated heterocycles. The van der Waals surface area contributed by atoms with Crippen LogP contribution in [0.2, 0.25) is 5.02 Å². The molecule has 0 radical (unpaired) electrons. The van der Waals surface area contributed by atoms with Gasteiger partial charge in [-0.2, -0.15) is 0 Å². The van der Waals surface area contributed by atoms with Crippen molar-refractivity contribution in [3.63, 3.8) is 0 Å². The van der Waals surface area contributed by atoms with E-state index in [0.29, 0.717) is 17.9 Å². The molecule has 0 unspecified atom stereocenters. The third kappa shape index (κ3) is 3.22. The molecule has 1 heterocycles. The van der Waals surface area contributed by atoms with Gasteiger partial charge < -0.3 is 14.8 Å². The Morgan fingerprint density at radius 2 is 1.89 bits per heavy atom. The predicted molar refractivity (Wildman–Crippen MR) is 102 cm³/mol. The molecule has 5 nitrogen and oxygen atoms in total. The van der Waals surface area contributed by atoms with Crippen LogP contribution in [-0.2, 0) is 10.2 Å². The molecular weight excluding hydrogens is 366 g/mol. The number of furan rings is 1. The first-order chi connectivity index (χ1) is 13.0. The van der Waals surface area contributed by atoms with Gasteiger partial charge in [0.25, 0.3) is 0 Å². The molecule has 1 aromatic heterocycles. The second-order valence-electron chi connectivity index (χ2n) is 6.62. The Morgan fingerprint density at radius 3 is 2.56 bits per heavy atom. The van der Waals surface area contributed by atoms with Crippen LogP contribution in [0.4, 0.5) is 5.69 Å². The number of carboxylic acids is 1. The highest BCUT2D eigenvalue weighted by molar-refractivity contribution is 6.31. The van der Waals surface area contributed by atoms with Crippen LogP contribution in [0.5, 0.6) is 0 Å². The fourth-order valence-corrected chi connectivity index (χ4v) is 3.41. The molecule has 4 rings (SSSR count). The zero-order valence-electron chi connectivity index (χ0n) is 14.2. The van der Waals surface area contributed by atoms with Crippen LogP contribution in [0, 0.1) is 0 Å². The number of aromatic carboxylic acids is 1. The molecule has 0 bridgehead atoms. The molecular formula is C21H16ClNO4. The molecule has 27 heavy (non-hydrogen) atoms. The van der Waals surface area contributed by atoms with E-state index in [1.54, 1.807) is 18.6 Å². The molecule has 1 aliphatic carbocycles. The highest BCUT2D eigenvalue weighted by Crippen LogP contribution is 2.49. The van der Waals surface area contributed by atoms with Gasteiger partial charge in [0.2, 0.25) is 5.91 Å². The highest BCUT2D eigenvalue weighted by Gasteiger charge is 2.51. The largest absolute Gasteiger partial charge is 0.478 e. The maximum atomic E-state index is 13.0. The summed E-state index contributed by atoms with van der Waals surface area (Å²) in [6.45, 7) is 0. The van der Waals surface area contributed by atoms with Gasteiger partial charge in [0.1, 0.15) is 0 Å². The number of nitrogens with one attached hydrogen (secondary N) is 1. The fraction of sp³-hybridized carbons (Fsp3) is 0.143. The minimum atomic E-state index is -1.14. The molecule has 0 spiro atoms. The number of anilines is 1. The van der Waals surface area contributed by atoms with Gasteiger partial charge in [-0.15, -0.1) is 0 Å². The van der Waals surface area contributed by atoms with Crippen LogP contribution in [-0.4, -0.2) is 17.0 Å². The van der Waals surface area contributed by atoms with E-state index in [9.17, 15) is 14.7 Å². The predicted octanol–water partition coefficient (Wildman–Crippen LogP) is 4.97. The summed E-state index contributed by atoms with van der Waals surface area (Å²) in [4.78, 5) is 24.4. The Hall–Kier alpha value is -3.05. The number of carbonyl (C=O) groups is 2. The van der Waals surface area contributed by atoms with Crippen LogP contribution in [0.1, 0.15) is 28.8 Å². The SMILES string of the molecule is O=C(O)c1cc(Cl)ccc1NC(=O)C1(c2cccc(-c3ccoc3)c2)CC1. The number of halogens is 1. The van der Waals surface area contributed by atoms with E-state index in [4.69, 9.17) is 16.0 Å². The van der Waals surface area contributed by atoms with E-state index in [1.165, 1.54) is 12.1 Å². The van der Waals surface area contributed by atoms with E-state index < -0.39 is 11.4 Å². The first-order valence-corrected chi connectivity index (χ1v) is 8.85. The van der Waals surface area contributed by atoms with Crippen LogP contribution >= 0.6 is 11.6 Å². The zero-order valence-corrected chi connectivity index (χ0v) is 15.0. The smallest absolute Gasteiger partial charge is 0.337 e. The molecule has 136 valence electrons. The maximum Gasteiger partial charge on any atom is 0.337 e. The monoisotopic (exact) mass is 381 g/mol. The lowest BCUT2D eigenvalue weighted by atomic mass is 9.92. The van der Waals surface area contributed by atoms with E-state index in [2.05, 4.69) is 5.32 Å². The molecule has 1 amide bonds. The number of hydrogen-bond donors (Lipinski definition) is 2. The Labute approximate surface area is 160 Å². The third-order valence-electron chi connectivity index (χ3n) is 4.91. The molecule has 1 fully saturated rings. The van der Waals surface area contributed by atoms with Crippen molar-refractivity contribution in [2.75, 3.05) is 5.32 Å². The van der Waals surface area contributed by atoms with Gasteiger partial charge in [0, 0.05) is 10.6 Å². The summed E-state index contributed by atoms with van der Waals surface area (Å²) in [5.74, 6) is -1.35. The maximum absolute atomic E-state index is 13.0. The van der Waals surface area contributed by atoms with Crippen molar-refractivity contribution in [1.82, 2.24) is 0 Å². The molecule has 6 heteroatoms. The van der Waals surface area contributed by atoms with Crippen LogP contribution in [0.3, 0.4) is 0 Å². The van der Waals surface area contributed by atoms with Crippen molar-refractivity contribution in [2.45, 2.75) is 18.3 Å². The minimum Gasteiger partial charge on any atom is -0.478 e. The summed E-state index contributed by atoms with van der Waals surface area (Å²) in [5, 5.41) is 12.4. The second-order valence-corrected chi connectivity index (χ2v) is 7.06. The lowest BCUT2D eigenvalue weighted by molar-refractivity contribution is -0.118. The van der Waals surface area contributed by atoms with Gasteiger partial charge in [-0.1, -0.05) is 29.8 Å². The Morgan fingerprint density at radius 1 is 1.07 bits per heavy atom. The standard InChI is InChI=1S/C21H16ClNO4/c22-16-4-5-18(17(11-16)19(24)25)23-20(26)21(7-8-21)15-3-1-2-13(10-15)14-6-9-27-12-14/h1-6,9-12H,7-8H2,(H,23,26)(H,24,25). The fourth-order valence-electron chi connectivity index (χ4n) is 3.24. The molecule has 1 aliphatic rings. The molecule has 1 saturated carbocycles. The second kappa shape index (κ2) is 6.59. The van der Waals surface area contributed by atoms with Crippen molar-refractivity contribution in [1.29, 1.82) is 0 Å². The zero-order chi connectivity index (χ0) is 19.0. The van der Waals surface area contributed by atoms with Gasteiger partial charge in [-0.05, 0) is 54.3 Å². The Kier molecular flexibility index (Phi) is 4.24. The van der Waals surface area contributed by atoms with E-state index in [0.717, 1.165) is 16.7 Å². The quantitative estimate of drug-likeness (QED) is 0.654. The number of amides is 1. The molecule has 0 atom stereocenters. The minimum absolute atomic E-state index is 0.0289. The summed E-state index contributed by atoms with van der Waals surface area (Å²) in [7, 11) is 0. The lowest BCUT2D eigenvalue weighted by Gasteiger charge is -2.18. The number of carbonyl (C=O) groups excluding carboxylic acids is 1. The number of benzene rings is 2. The lowest BCUT2D eigenvalue weighted by Crippen LogP contribution is -2.28. The third-order valence-corrected chi connectivity index (χ3v) is 5.15. The van der Waals surface area contributed by atoms with Gasteiger partial charge in [0.15, 0.2) is 0 Å². The first kappa shape index (κ1) is 17.4. The summed E-state index contributed by atoms with van der Waals surface area (Å²) in [5.41, 5.74) is 2.39. The number of hydrogen-bond acceptors (Lipinski definition) is 3. The van der Waals surface area contributed by atoms with E-state index in [-0.39, 0.29) is 17.2 Å². The number of carboxylic acid groups (broad SMARTS) is 1. The van der Waals surface area contributed by atoms with E-state index in [1.807, 2.05) is 30.3 Å². The first-order valence-electron chi connectivity index (χ1n) is 8.47. The summed E-state index contributed by atoms with van der Waals surface area (Å²) < 4.78 is 5.14. The summed E-state index contributed by atoms with van der Waals surface area (Å²) in [6.07, 6.45) is 4.69. The average Bonchev–Trinajstić information content (AvgIpc) is 3.30. The number of rotatable bonds is 5. The Balaban J connectivity index is 1.63. The molecule has 2 N–H and O–H groups in total. The average molecular weight is 382 g/mol. The summed E-state index contributed by atoms with van der Waals surface area (Å²) in [6, 6.07) is 14.1. The van der Waals surface area contributed by atoms with Crippen molar-refractivity contribution in [3.8, 4) is 11.1 Å². The molecule has 3 aromatic rings. The normalized spacial score (nSPS) is 14.6. The summed E-state index contributed by atoms with van der Waals surface area (Å²) >= 11 is 5.88. The Bertz CT molecular complexity index is 1020. The van der Waals surface area contributed by atoms with Crippen molar-refractivity contribution < 1.29 is 19.1 Å². The molecule has 2 aromatic carbocycles. The van der Waals surface area contributed by atoms with Crippen molar-refractivity contribution in [3.05, 3.63) is 77.2 Å². The van der Waals surface area contributed by atoms with Crippen LogP contribution < -0.4 is 5.32 Å².